The Balaban J connectivity index is 2.37. The number of hydrogen-bond acceptors (Lipinski definition) is 6. The maximum atomic E-state index is 12.8. The van der Waals surface area contributed by atoms with Gasteiger partial charge in [-0.15, -0.1) is 0 Å². The summed E-state index contributed by atoms with van der Waals surface area (Å²) in [5.74, 6) is -2.19. The van der Waals surface area contributed by atoms with Crippen molar-refractivity contribution in [3.8, 4) is 0 Å². The molecule has 1 aromatic heterocycles. The number of aromatic nitrogens is 1. The zero-order valence-electron chi connectivity index (χ0n) is 16.4. The van der Waals surface area contributed by atoms with E-state index in [4.69, 9.17) is 9.47 Å². The van der Waals surface area contributed by atoms with Gasteiger partial charge < -0.3 is 14.8 Å². The number of hydrogen-bond donors (Lipinski definition) is 1. The van der Waals surface area contributed by atoms with Gasteiger partial charge in [-0.05, 0) is 51.1 Å². The zero-order chi connectivity index (χ0) is 22.5. The number of anilines is 1. The first-order valence-electron chi connectivity index (χ1n) is 8.92. The molecule has 30 heavy (non-hydrogen) atoms. The van der Waals surface area contributed by atoms with Crippen molar-refractivity contribution in [3.63, 3.8) is 0 Å². The standard InChI is InChI=1S/C20H19F3N2O5/c1-4-29-18(27)12-8-13(19(28)30-5-2)10-14(9-12)25-17(26)15-6-7-16(20(21,22)23)24-11(15)3/h6-10H,4-5H2,1-3H3,(H,25,26). The van der Waals surface area contributed by atoms with Gasteiger partial charge in [0, 0.05) is 5.69 Å². The molecule has 2 aromatic rings. The maximum absolute atomic E-state index is 12.8. The van der Waals surface area contributed by atoms with E-state index < -0.39 is 29.7 Å². The van der Waals surface area contributed by atoms with Crippen LogP contribution < -0.4 is 5.32 Å². The molecule has 0 aliphatic carbocycles. The highest BCUT2D eigenvalue weighted by molar-refractivity contribution is 6.06. The molecule has 0 bridgehead atoms. The zero-order valence-corrected chi connectivity index (χ0v) is 16.4. The van der Waals surface area contributed by atoms with Crippen molar-refractivity contribution >= 4 is 23.5 Å². The second-order valence-corrected chi connectivity index (χ2v) is 6.02. The largest absolute Gasteiger partial charge is 0.462 e. The van der Waals surface area contributed by atoms with Crippen molar-refractivity contribution in [2.24, 2.45) is 0 Å². The van der Waals surface area contributed by atoms with Gasteiger partial charge in [0.2, 0.25) is 0 Å². The SMILES string of the molecule is CCOC(=O)c1cc(NC(=O)c2ccc(C(F)(F)F)nc2C)cc(C(=O)OCC)c1. The molecular weight excluding hydrogens is 405 g/mol. The molecule has 1 N–H and O–H groups in total. The van der Waals surface area contributed by atoms with E-state index in [9.17, 15) is 27.6 Å². The summed E-state index contributed by atoms with van der Waals surface area (Å²) in [6.45, 7) is 4.68. The Bertz CT molecular complexity index is 937. The normalized spacial score (nSPS) is 11.0. The Kier molecular flexibility index (Phi) is 7.14. The van der Waals surface area contributed by atoms with Gasteiger partial charge in [-0.25, -0.2) is 14.6 Å². The quantitative estimate of drug-likeness (QED) is 0.704. The number of pyridine rings is 1. The number of alkyl halides is 3. The van der Waals surface area contributed by atoms with Crippen molar-refractivity contribution in [1.29, 1.82) is 0 Å². The Morgan fingerprint density at radius 3 is 1.93 bits per heavy atom. The lowest BCUT2D eigenvalue weighted by atomic mass is 10.1. The summed E-state index contributed by atoms with van der Waals surface area (Å²) in [6.07, 6.45) is -4.64. The number of benzene rings is 1. The summed E-state index contributed by atoms with van der Waals surface area (Å²) in [5.41, 5.74) is -1.28. The number of esters is 2. The average Bonchev–Trinajstić information content (AvgIpc) is 2.67. The molecule has 7 nitrogen and oxygen atoms in total. The van der Waals surface area contributed by atoms with E-state index in [1.807, 2.05) is 0 Å². The molecule has 2 rings (SSSR count). The molecule has 0 aliphatic rings. The Morgan fingerprint density at radius 1 is 0.967 bits per heavy atom. The number of halogens is 3. The van der Waals surface area contributed by atoms with Crippen molar-refractivity contribution in [2.45, 2.75) is 26.9 Å². The van der Waals surface area contributed by atoms with Crippen LogP contribution in [0.1, 0.15) is 56.3 Å². The molecular formula is C20H19F3N2O5. The summed E-state index contributed by atoms with van der Waals surface area (Å²) in [5, 5.41) is 2.46. The van der Waals surface area contributed by atoms with Gasteiger partial charge in [0.1, 0.15) is 5.69 Å². The number of ether oxygens (including phenoxy) is 2. The molecule has 0 saturated heterocycles. The number of nitrogens with zero attached hydrogens (tertiary/aromatic N) is 1. The first kappa shape index (κ1) is 22.9. The molecule has 160 valence electrons. The van der Waals surface area contributed by atoms with Crippen LogP contribution in [0.3, 0.4) is 0 Å². The molecule has 1 heterocycles. The van der Waals surface area contributed by atoms with E-state index in [1.54, 1.807) is 13.8 Å². The number of carbonyl (C=O) groups excluding carboxylic acids is 3. The third-order valence-corrected chi connectivity index (χ3v) is 3.83. The molecule has 0 aliphatic heterocycles. The number of aryl methyl sites for hydroxylation is 1. The monoisotopic (exact) mass is 424 g/mol. The van der Waals surface area contributed by atoms with Gasteiger partial charge in [0.25, 0.3) is 5.91 Å². The predicted molar refractivity (Wildman–Crippen MR) is 100 cm³/mol. The van der Waals surface area contributed by atoms with Gasteiger partial charge in [-0.3, -0.25) is 4.79 Å². The maximum Gasteiger partial charge on any atom is 0.433 e. The summed E-state index contributed by atoms with van der Waals surface area (Å²) >= 11 is 0. The Labute approximate surface area is 170 Å². The van der Waals surface area contributed by atoms with Crippen LogP contribution >= 0.6 is 0 Å². The molecule has 0 atom stereocenters. The van der Waals surface area contributed by atoms with E-state index in [0.29, 0.717) is 6.07 Å². The van der Waals surface area contributed by atoms with Crippen molar-refractivity contribution in [3.05, 3.63) is 58.4 Å². The lowest BCUT2D eigenvalue weighted by Crippen LogP contribution is -2.18. The van der Waals surface area contributed by atoms with Crippen LogP contribution in [-0.4, -0.2) is 36.0 Å². The van der Waals surface area contributed by atoms with E-state index in [0.717, 1.165) is 6.07 Å². The Morgan fingerprint density at radius 2 is 1.50 bits per heavy atom. The first-order chi connectivity index (χ1) is 14.1. The summed E-state index contributed by atoms with van der Waals surface area (Å²) < 4.78 is 48.1. The highest BCUT2D eigenvalue weighted by Crippen LogP contribution is 2.28. The Hall–Kier alpha value is -3.43. The summed E-state index contributed by atoms with van der Waals surface area (Å²) in [7, 11) is 0. The predicted octanol–water partition coefficient (Wildman–Crippen LogP) is 4.01. The average molecular weight is 424 g/mol. The topological polar surface area (TPSA) is 94.6 Å². The van der Waals surface area contributed by atoms with Crippen LogP contribution in [0.25, 0.3) is 0 Å². The molecule has 1 amide bonds. The second-order valence-electron chi connectivity index (χ2n) is 6.02. The summed E-state index contributed by atoms with van der Waals surface area (Å²) in [6, 6.07) is 5.52. The third kappa shape index (κ3) is 5.56. The fraction of sp³-hybridized carbons (Fsp3) is 0.300. The van der Waals surface area contributed by atoms with Gasteiger partial charge in [0.15, 0.2) is 0 Å². The van der Waals surface area contributed by atoms with Gasteiger partial charge in [0.05, 0.1) is 35.6 Å². The molecule has 0 radical (unpaired) electrons. The first-order valence-corrected chi connectivity index (χ1v) is 8.92. The minimum atomic E-state index is -4.64. The molecule has 10 heteroatoms. The van der Waals surface area contributed by atoms with Crippen LogP contribution in [0, 0.1) is 6.92 Å². The smallest absolute Gasteiger partial charge is 0.433 e. The molecule has 0 unspecified atom stereocenters. The second kappa shape index (κ2) is 9.38. The number of amides is 1. The van der Waals surface area contributed by atoms with E-state index >= 15 is 0 Å². The minimum Gasteiger partial charge on any atom is -0.462 e. The van der Waals surface area contributed by atoms with Gasteiger partial charge in [-0.1, -0.05) is 0 Å². The number of carbonyl (C=O) groups is 3. The molecule has 0 saturated carbocycles. The lowest BCUT2D eigenvalue weighted by molar-refractivity contribution is -0.141. The van der Waals surface area contributed by atoms with Crippen LogP contribution in [0.5, 0.6) is 0 Å². The third-order valence-electron chi connectivity index (χ3n) is 3.83. The van der Waals surface area contributed by atoms with Crippen molar-refractivity contribution in [2.75, 3.05) is 18.5 Å². The molecule has 1 aromatic carbocycles. The van der Waals surface area contributed by atoms with E-state index in [1.165, 1.54) is 25.1 Å². The highest BCUT2D eigenvalue weighted by Gasteiger charge is 2.33. The van der Waals surface area contributed by atoms with E-state index in [2.05, 4.69) is 10.3 Å². The molecule has 0 fully saturated rings. The van der Waals surface area contributed by atoms with Gasteiger partial charge in [-0.2, -0.15) is 13.2 Å². The van der Waals surface area contributed by atoms with Crippen LogP contribution in [0.2, 0.25) is 0 Å². The van der Waals surface area contributed by atoms with Crippen LogP contribution in [0.15, 0.2) is 30.3 Å². The van der Waals surface area contributed by atoms with Crippen molar-refractivity contribution in [1.82, 2.24) is 4.98 Å². The van der Waals surface area contributed by atoms with Crippen LogP contribution in [-0.2, 0) is 15.7 Å². The minimum absolute atomic E-state index is 0.0000284. The summed E-state index contributed by atoms with van der Waals surface area (Å²) in [4.78, 5) is 40.1. The van der Waals surface area contributed by atoms with E-state index in [-0.39, 0.29) is 41.3 Å². The lowest BCUT2D eigenvalue weighted by Gasteiger charge is -2.12. The number of nitrogens with one attached hydrogen (secondary N) is 1. The fourth-order valence-corrected chi connectivity index (χ4v) is 2.52. The van der Waals surface area contributed by atoms with Gasteiger partial charge >= 0.3 is 18.1 Å². The highest BCUT2D eigenvalue weighted by atomic mass is 19.4. The number of rotatable bonds is 6. The van der Waals surface area contributed by atoms with Crippen molar-refractivity contribution < 1.29 is 37.0 Å². The molecule has 0 spiro atoms. The van der Waals surface area contributed by atoms with Crippen LogP contribution in [0.4, 0.5) is 18.9 Å². The fourth-order valence-electron chi connectivity index (χ4n) is 2.52.